The van der Waals surface area contributed by atoms with Gasteiger partial charge in [-0.25, -0.2) is 8.42 Å². The highest BCUT2D eigenvalue weighted by atomic mass is 32.2. The summed E-state index contributed by atoms with van der Waals surface area (Å²) >= 11 is 1.33. The molecular formula is C11H17NO3S2. The van der Waals surface area contributed by atoms with Crippen LogP contribution in [0, 0.1) is 0 Å². The Kier molecular flexibility index (Phi) is 3.87. The number of aliphatic hydroxyl groups is 1. The van der Waals surface area contributed by atoms with Crippen LogP contribution in [0.5, 0.6) is 0 Å². The van der Waals surface area contributed by atoms with Crippen LogP contribution in [-0.2, 0) is 16.4 Å². The van der Waals surface area contributed by atoms with Crippen LogP contribution >= 0.6 is 11.3 Å². The maximum atomic E-state index is 12.4. The van der Waals surface area contributed by atoms with Crippen molar-refractivity contribution >= 4 is 21.4 Å². The minimum absolute atomic E-state index is 0.0920. The molecule has 1 saturated heterocycles. The first-order valence-corrected chi connectivity index (χ1v) is 8.06. The van der Waals surface area contributed by atoms with E-state index in [0.717, 1.165) is 24.1 Å². The van der Waals surface area contributed by atoms with Crippen LogP contribution in [-0.4, -0.2) is 37.0 Å². The third kappa shape index (κ3) is 2.40. The molecule has 1 atom stereocenters. The van der Waals surface area contributed by atoms with Gasteiger partial charge in [-0.05, 0) is 31.4 Å². The van der Waals surface area contributed by atoms with E-state index < -0.39 is 10.0 Å². The van der Waals surface area contributed by atoms with Gasteiger partial charge in [-0.2, -0.15) is 4.31 Å². The zero-order chi connectivity index (χ0) is 12.5. The van der Waals surface area contributed by atoms with Gasteiger partial charge in [-0.3, -0.25) is 0 Å². The highest BCUT2D eigenvalue weighted by Crippen LogP contribution is 2.30. The van der Waals surface area contributed by atoms with E-state index in [-0.39, 0.29) is 12.6 Å². The molecule has 17 heavy (non-hydrogen) atoms. The smallest absolute Gasteiger partial charge is 0.252 e. The molecule has 0 aliphatic carbocycles. The quantitative estimate of drug-likeness (QED) is 0.905. The summed E-state index contributed by atoms with van der Waals surface area (Å²) in [5, 5.41) is 9.20. The molecule has 1 aliphatic heterocycles. The van der Waals surface area contributed by atoms with E-state index in [1.807, 2.05) is 13.0 Å². The number of rotatable bonds is 4. The third-order valence-electron chi connectivity index (χ3n) is 3.08. The van der Waals surface area contributed by atoms with Gasteiger partial charge in [0.25, 0.3) is 10.0 Å². The zero-order valence-corrected chi connectivity index (χ0v) is 11.4. The average Bonchev–Trinajstić information content (AvgIpc) is 2.97. The topological polar surface area (TPSA) is 57.6 Å². The van der Waals surface area contributed by atoms with Crippen molar-refractivity contribution in [2.75, 3.05) is 13.2 Å². The predicted molar refractivity (Wildman–Crippen MR) is 67.7 cm³/mol. The van der Waals surface area contributed by atoms with Crippen LogP contribution in [0.1, 0.15) is 24.6 Å². The fraction of sp³-hybridized carbons (Fsp3) is 0.636. The molecule has 2 rings (SSSR count). The highest BCUT2D eigenvalue weighted by molar-refractivity contribution is 7.91. The minimum atomic E-state index is -3.40. The molecule has 2 heterocycles. The fourth-order valence-corrected chi connectivity index (χ4v) is 5.22. The second-order valence-electron chi connectivity index (χ2n) is 4.17. The van der Waals surface area contributed by atoms with Crippen molar-refractivity contribution in [1.29, 1.82) is 0 Å². The van der Waals surface area contributed by atoms with Crippen LogP contribution in [0.15, 0.2) is 16.3 Å². The first kappa shape index (κ1) is 13.0. The number of sulfonamides is 1. The Balaban J connectivity index is 2.29. The van der Waals surface area contributed by atoms with E-state index in [4.69, 9.17) is 0 Å². The Labute approximate surface area is 106 Å². The van der Waals surface area contributed by atoms with Crippen molar-refractivity contribution in [1.82, 2.24) is 4.31 Å². The van der Waals surface area contributed by atoms with E-state index in [1.165, 1.54) is 15.6 Å². The number of nitrogens with zero attached hydrogens (tertiary/aromatic N) is 1. The monoisotopic (exact) mass is 275 g/mol. The Morgan fingerprint density at radius 1 is 1.53 bits per heavy atom. The summed E-state index contributed by atoms with van der Waals surface area (Å²) in [5.74, 6) is 0. The molecule has 1 N–H and O–H groups in total. The maximum absolute atomic E-state index is 12.4. The average molecular weight is 275 g/mol. The number of hydrogen-bond acceptors (Lipinski definition) is 4. The highest BCUT2D eigenvalue weighted by Gasteiger charge is 2.35. The van der Waals surface area contributed by atoms with Crippen molar-refractivity contribution in [2.24, 2.45) is 0 Å². The van der Waals surface area contributed by atoms with Crippen molar-refractivity contribution in [3.8, 4) is 0 Å². The zero-order valence-electron chi connectivity index (χ0n) is 9.80. The lowest BCUT2D eigenvalue weighted by molar-refractivity contribution is 0.213. The summed E-state index contributed by atoms with van der Waals surface area (Å²) in [6, 6.07) is 3.29. The predicted octanol–water partition coefficient (Wildman–Crippen LogP) is 1.46. The molecular weight excluding hydrogens is 258 g/mol. The normalized spacial score (nSPS) is 22.1. The maximum Gasteiger partial charge on any atom is 0.252 e. The van der Waals surface area contributed by atoms with Crippen LogP contribution < -0.4 is 0 Å². The first-order valence-electron chi connectivity index (χ1n) is 5.81. The van der Waals surface area contributed by atoms with E-state index in [0.29, 0.717) is 10.8 Å². The Morgan fingerprint density at radius 3 is 2.88 bits per heavy atom. The van der Waals surface area contributed by atoms with Crippen molar-refractivity contribution < 1.29 is 13.5 Å². The Hall–Kier alpha value is -0.430. The second-order valence-corrected chi connectivity index (χ2v) is 7.45. The molecule has 1 fully saturated rings. The van der Waals surface area contributed by atoms with Gasteiger partial charge >= 0.3 is 0 Å². The molecule has 1 aliphatic rings. The molecule has 96 valence electrons. The molecule has 0 aromatic carbocycles. The summed E-state index contributed by atoms with van der Waals surface area (Å²) in [6.45, 7) is 2.44. The first-order chi connectivity index (χ1) is 8.09. The molecule has 0 spiro atoms. The van der Waals surface area contributed by atoms with Gasteiger partial charge in [-0.15, -0.1) is 11.3 Å². The second kappa shape index (κ2) is 5.06. The summed E-state index contributed by atoms with van der Waals surface area (Å²) in [5.41, 5.74) is 0. The van der Waals surface area contributed by atoms with Crippen LogP contribution in [0.2, 0.25) is 0 Å². The fourth-order valence-electron chi connectivity index (χ4n) is 2.11. The van der Waals surface area contributed by atoms with E-state index in [9.17, 15) is 13.5 Å². The van der Waals surface area contributed by atoms with E-state index in [2.05, 4.69) is 0 Å². The molecule has 1 aromatic rings. The molecule has 0 bridgehead atoms. The number of thiophene rings is 1. The molecule has 4 nitrogen and oxygen atoms in total. The van der Waals surface area contributed by atoms with Crippen LogP contribution in [0.3, 0.4) is 0 Å². The standard InChI is InChI=1S/C11H17NO3S2/c1-2-10-5-6-11(16-10)17(14,15)12-7-3-4-9(12)8-13/h5-6,9,13H,2-4,7-8H2,1H3. The van der Waals surface area contributed by atoms with Gasteiger partial charge in [0.2, 0.25) is 0 Å². The van der Waals surface area contributed by atoms with Crippen molar-refractivity contribution in [3.63, 3.8) is 0 Å². The van der Waals surface area contributed by atoms with E-state index in [1.54, 1.807) is 6.07 Å². The lowest BCUT2D eigenvalue weighted by Gasteiger charge is -2.21. The van der Waals surface area contributed by atoms with Gasteiger partial charge in [0.1, 0.15) is 4.21 Å². The minimum Gasteiger partial charge on any atom is -0.395 e. The van der Waals surface area contributed by atoms with E-state index >= 15 is 0 Å². The van der Waals surface area contributed by atoms with Crippen LogP contribution in [0.25, 0.3) is 0 Å². The third-order valence-corrected chi connectivity index (χ3v) is 6.73. The van der Waals surface area contributed by atoms with Gasteiger partial charge in [0, 0.05) is 17.5 Å². The molecule has 1 unspecified atom stereocenters. The summed E-state index contributed by atoms with van der Waals surface area (Å²) < 4.78 is 26.6. The molecule has 6 heteroatoms. The summed E-state index contributed by atoms with van der Waals surface area (Å²) in [4.78, 5) is 1.07. The number of hydrogen-bond donors (Lipinski definition) is 1. The lowest BCUT2D eigenvalue weighted by atomic mass is 10.2. The molecule has 1 aromatic heterocycles. The Morgan fingerprint density at radius 2 is 2.29 bits per heavy atom. The van der Waals surface area contributed by atoms with Crippen molar-refractivity contribution in [2.45, 2.75) is 36.4 Å². The molecule has 0 saturated carbocycles. The lowest BCUT2D eigenvalue weighted by Crippen LogP contribution is -2.37. The summed E-state index contributed by atoms with van der Waals surface area (Å²) in [7, 11) is -3.40. The van der Waals surface area contributed by atoms with Gasteiger partial charge in [0.15, 0.2) is 0 Å². The Bertz CT molecular complexity index is 481. The largest absolute Gasteiger partial charge is 0.395 e. The van der Waals surface area contributed by atoms with Crippen LogP contribution in [0.4, 0.5) is 0 Å². The molecule has 0 amide bonds. The SMILES string of the molecule is CCc1ccc(S(=O)(=O)N2CCCC2CO)s1. The van der Waals surface area contributed by atoms with Gasteiger partial charge < -0.3 is 5.11 Å². The molecule has 0 radical (unpaired) electrons. The van der Waals surface area contributed by atoms with Gasteiger partial charge in [-0.1, -0.05) is 6.92 Å². The number of aliphatic hydroxyl groups excluding tert-OH is 1. The number of aryl methyl sites for hydroxylation is 1. The summed E-state index contributed by atoms with van der Waals surface area (Å²) in [6.07, 6.45) is 2.43. The van der Waals surface area contributed by atoms with Gasteiger partial charge in [0.05, 0.1) is 6.61 Å². The van der Waals surface area contributed by atoms with Crippen molar-refractivity contribution in [3.05, 3.63) is 17.0 Å².